The SMILES string of the molecule is Cc1c[c-]c(-c2cc(C)c(C)cn2)cc1.Cc1ccc2c(ccc3c4cc[c-]c(-c5cc(CC(C)(C)C)ccn5)c4oc23)n1.[Ir]. The molecule has 0 atom stereocenters. The van der Waals surface area contributed by atoms with Gasteiger partial charge in [0.15, 0.2) is 0 Å². The fraction of sp³-hybridized carbons (Fsp3) is 0.225. The van der Waals surface area contributed by atoms with Gasteiger partial charge in [-0.3, -0.25) is 4.98 Å². The summed E-state index contributed by atoms with van der Waals surface area (Å²) in [5.41, 5.74) is 12.7. The number of rotatable bonds is 3. The molecule has 4 aromatic heterocycles. The van der Waals surface area contributed by atoms with Gasteiger partial charge in [0, 0.05) is 49.0 Å². The van der Waals surface area contributed by atoms with E-state index in [1.807, 2.05) is 37.5 Å². The summed E-state index contributed by atoms with van der Waals surface area (Å²) in [4.78, 5) is 13.7. The molecule has 45 heavy (non-hydrogen) atoms. The van der Waals surface area contributed by atoms with Gasteiger partial charge < -0.3 is 14.4 Å². The van der Waals surface area contributed by atoms with Crippen LogP contribution in [0.15, 0.2) is 89.6 Å². The molecule has 3 aromatic carbocycles. The monoisotopic (exact) mass is 768 g/mol. The number of furan rings is 1. The van der Waals surface area contributed by atoms with Crippen LogP contribution in [0.3, 0.4) is 0 Å². The van der Waals surface area contributed by atoms with E-state index in [4.69, 9.17) is 4.42 Å². The van der Waals surface area contributed by atoms with Crippen molar-refractivity contribution in [2.24, 2.45) is 5.41 Å². The first-order valence-electron chi connectivity index (χ1n) is 15.1. The van der Waals surface area contributed by atoms with Crippen LogP contribution in [-0.2, 0) is 26.5 Å². The van der Waals surface area contributed by atoms with E-state index in [-0.39, 0.29) is 25.5 Å². The molecule has 4 heterocycles. The van der Waals surface area contributed by atoms with Crippen LogP contribution in [0.25, 0.3) is 55.4 Å². The second-order valence-corrected chi connectivity index (χ2v) is 12.9. The molecule has 1 radical (unpaired) electrons. The molecule has 0 saturated carbocycles. The van der Waals surface area contributed by atoms with Gasteiger partial charge in [0.1, 0.15) is 5.58 Å². The zero-order valence-electron chi connectivity index (χ0n) is 26.9. The Hall–Kier alpha value is -4.18. The molecule has 0 N–H and O–H groups in total. The molecule has 0 aliphatic carbocycles. The second kappa shape index (κ2) is 13.0. The van der Waals surface area contributed by atoms with Crippen molar-refractivity contribution in [1.82, 2.24) is 15.0 Å². The van der Waals surface area contributed by atoms with E-state index < -0.39 is 0 Å². The summed E-state index contributed by atoms with van der Waals surface area (Å²) in [7, 11) is 0. The molecule has 0 spiro atoms. The molecule has 0 aliphatic heterocycles. The van der Waals surface area contributed by atoms with Crippen LogP contribution in [0.4, 0.5) is 0 Å². The minimum Gasteiger partial charge on any atom is -0.500 e. The number of hydrogen-bond donors (Lipinski definition) is 0. The molecular weight excluding hydrogens is 731 g/mol. The third kappa shape index (κ3) is 7.06. The van der Waals surface area contributed by atoms with Gasteiger partial charge in [-0.2, -0.15) is 0 Å². The average molecular weight is 768 g/mol. The fourth-order valence-electron chi connectivity index (χ4n) is 5.46. The quantitative estimate of drug-likeness (QED) is 0.168. The van der Waals surface area contributed by atoms with Crippen LogP contribution in [0.2, 0.25) is 0 Å². The van der Waals surface area contributed by atoms with Crippen LogP contribution in [0, 0.1) is 45.2 Å². The molecule has 0 unspecified atom stereocenters. The van der Waals surface area contributed by atoms with Crippen molar-refractivity contribution in [2.75, 3.05) is 0 Å². The predicted octanol–water partition coefficient (Wildman–Crippen LogP) is 10.4. The Kier molecular flexibility index (Phi) is 9.34. The zero-order valence-corrected chi connectivity index (χ0v) is 29.3. The van der Waals surface area contributed by atoms with Crippen LogP contribution in [-0.4, -0.2) is 15.0 Å². The number of fused-ring (bicyclic) bond motifs is 5. The van der Waals surface area contributed by atoms with Crippen LogP contribution >= 0.6 is 0 Å². The zero-order chi connectivity index (χ0) is 31.0. The molecule has 0 amide bonds. The van der Waals surface area contributed by atoms with E-state index in [1.54, 1.807) is 0 Å². The summed E-state index contributed by atoms with van der Waals surface area (Å²) in [6.07, 6.45) is 4.79. The average Bonchev–Trinajstić information content (AvgIpc) is 3.38. The van der Waals surface area contributed by atoms with Crippen molar-refractivity contribution < 1.29 is 24.5 Å². The van der Waals surface area contributed by atoms with Gasteiger partial charge in [-0.05, 0) is 79.9 Å². The Morgan fingerprint density at radius 3 is 2.24 bits per heavy atom. The molecule has 4 nitrogen and oxygen atoms in total. The normalized spacial score (nSPS) is 11.4. The Morgan fingerprint density at radius 2 is 1.51 bits per heavy atom. The van der Waals surface area contributed by atoms with E-state index in [2.05, 4.69) is 123 Å². The van der Waals surface area contributed by atoms with Crippen molar-refractivity contribution >= 4 is 32.8 Å². The van der Waals surface area contributed by atoms with Gasteiger partial charge in [-0.1, -0.05) is 61.9 Å². The number of pyridine rings is 3. The van der Waals surface area contributed by atoms with Crippen molar-refractivity contribution in [3.05, 3.63) is 125 Å². The van der Waals surface area contributed by atoms with E-state index in [0.717, 1.165) is 67.5 Å². The van der Waals surface area contributed by atoms with Crippen molar-refractivity contribution in [2.45, 2.75) is 54.9 Å². The summed E-state index contributed by atoms with van der Waals surface area (Å²) < 4.78 is 6.42. The standard InChI is InChI=1S/C26H23N2O.C14H14N.Ir/c1-16-8-9-21-22(28-16)11-10-19-18-6-5-7-20(24(18)29-25(19)21)23-14-17(12-13-27-23)15-26(2,3)4;1-10-4-6-13(7-5-10)14-8-11(2)12(3)9-15-14;/h5-6,8-14H,15H2,1-4H3;4-6,8-9H,1-3H3;/q2*-1;. The maximum Gasteiger partial charge on any atom is 0.130 e. The van der Waals surface area contributed by atoms with Gasteiger partial charge >= 0.3 is 0 Å². The Bertz CT molecular complexity index is 2120. The minimum absolute atomic E-state index is 0. The molecule has 5 heteroatoms. The van der Waals surface area contributed by atoms with Crippen molar-refractivity contribution in [1.29, 1.82) is 0 Å². The van der Waals surface area contributed by atoms with Gasteiger partial charge in [-0.25, -0.2) is 0 Å². The topological polar surface area (TPSA) is 51.8 Å². The van der Waals surface area contributed by atoms with E-state index in [9.17, 15) is 0 Å². The van der Waals surface area contributed by atoms with Gasteiger partial charge in [-0.15, -0.1) is 53.6 Å². The summed E-state index contributed by atoms with van der Waals surface area (Å²) in [6.45, 7) is 15.0. The molecule has 0 bridgehead atoms. The van der Waals surface area contributed by atoms with Gasteiger partial charge in [0.05, 0.1) is 11.1 Å². The van der Waals surface area contributed by atoms with Crippen molar-refractivity contribution in [3.8, 4) is 22.5 Å². The molecule has 0 fully saturated rings. The number of benzene rings is 3. The largest absolute Gasteiger partial charge is 0.500 e. The van der Waals surface area contributed by atoms with Gasteiger partial charge in [0.25, 0.3) is 0 Å². The third-order valence-electron chi connectivity index (χ3n) is 7.84. The first-order valence-corrected chi connectivity index (χ1v) is 15.1. The van der Waals surface area contributed by atoms with Crippen LogP contribution < -0.4 is 0 Å². The Balaban J connectivity index is 0.000000212. The summed E-state index contributed by atoms with van der Waals surface area (Å²) in [5.74, 6) is 0. The fourth-order valence-corrected chi connectivity index (χ4v) is 5.46. The number of nitrogens with zero attached hydrogens (tertiary/aromatic N) is 3. The van der Waals surface area contributed by atoms with E-state index in [1.165, 1.54) is 22.3 Å². The first kappa shape index (κ1) is 32.2. The van der Waals surface area contributed by atoms with E-state index >= 15 is 0 Å². The number of aromatic nitrogens is 3. The third-order valence-corrected chi connectivity index (χ3v) is 7.84. The smallest absolute Gasteiger partial charge is 0.130 e. The molecular formula is C40H37IrN3O-2. The summed E-state index contributed by atoms with van der Waals surface area (Å²) in [5, 5.41) is 3.21. The molecule has 7 aromatic rings. The van der Waals surface area contributed by atoms with E-state index in [0.29, 0.717) is 0 Å². The molecule has 7 rings (SSSR count). The van der Waals surface area contributed by atoms with Crippen LogP contribution in [0.1, 0.15) is 48.7 Å². The van der Waals surface area contributed by atoms with Crippen LogP contribution in [0.5, 0.6) is 0 Å². The molecule has 0 saturated heterocycles. The maximum atomic E-state index is 6.42. The first-order chi connectivity index (χ1) is 21.1. The maximum absolute atomic E-state index is 6.42. The predicted molar refractivity (Wildman–Crippen MR) is 182 cm³/mol. The molecule has 0 aliphatic rings. The van der Waals surface area contributed by atoms with Gasteiger partial charge in [0.2, 0.25) is 0 Å². The van der Waals surface area contributed by atoms with Crippen molar-refractivity contribution in [3.63, 3.8) is 0 Å². The summed E-state index contributed by atoms with van der Waals surface area (Å²) >= 11 is 0. The molecule has 229 valence electrons. The number of hydrogen-bond acceptors (Lipinski definition) is 4. The number of aryl methyl sites for hydroxylation is 4. The second-order valence-electron chi connectivity index (χ2n) is 12.9. The minimum atomic E-state index is 0. The summed E-state index contributed by atoms with van der Waals surface area (Å²) in [6, 6.07) is 31.4. The Labute approximate surface area is 279 Å². The Morgan fingerprint density at radius 1 is 0.733 bits per heavy atom.